The van der Waals surface area contributed by atoms with Gasteiger partial charge in [-0.3, -0.25) is 10.2 Å². The van der Waals surface area contributed by atoms with E-state index in [2.05, 4.69) is 6.92 Å². The number of amides is 1. The summed E-state index contributed by atoms with van der Waals surface area (Å²) in [6.45, 7) is 2.03. The molecule has 76 valence electrons. The maximum atomic E-state index is 10.7. The molecule has 0 unspecified atom stereocenters. The maximum absolute atomic E-state index is 10.7. The van der Waals surface area contributed by atoms with Gasteiger partial charge < -0.3 is 4.74 Å². The van der Waals surface area contributed by atoms with Gasteiger partial charge >= 0.3 is 0 Å². The number of ether oxygens (including phenoxy) is 1. The van der Waals surface area contributed by atoms with Crippen molar-refractivity contribution < 1.29 is 9.53 Å². The van der Waals surface area contributed by atoms with Crippen LogP contribution in [0.5, 0.6) is 5.75 Å². The monoisotopic (exact) mass is 194 g/mol. The van der Waals surface area contributed by atoms with Gasteiger partial charge in [0.25, 0.3) is 5.91 Å². The van der Waals surface area contributed by atoms with Crippen molar-refractivity contribution in [2.45, 2.75) is 13.3 Å². The lowest BCUT2D eigenvalue weighted by Gasteiger charge is -2.05. The van der Waals surface area contributed by atoms with Gasteiger partial charge in [-0.2, -0.15) is 0 Å². The molecule has 0 saturated heterocycles. The van der Waals surface area contributed by atoms with Crippen LogP contribution in [0.3, 0.4) is 0 Å². The number of hydrogen-bond acceptors (Lipinski definition) is 3. The van der Waals surface area contributed by atoms with Gasteiger partial charge in [0.15, 0.2) is 6.61 Å². The second kappa shape index (κ2) is 5.24. The highest BCUT2D eigenvalue weighted by molar-refractivity contribution is 5.76. The van der Waals surface area contributed by atoms with Crippen molar-refractivity contribution in [3.8, 4) is 5.75 Å². The summed E-state index contributed by atoms with van der Waals surface area (Å²) in [5.41, 5.74) is 3.23. The molecule has 0 bridgehead atoms. The average molecular weight is 194 g/mol. The summed E-state index contributed by atoms with van der Waals surface area (Å²) >= 11 is 0. The Morgan fingerprint density at radius 1 is 1.43 bits per heavy atom. The molecule has 1 amide bonds. The lowest BCUT2D eigenvalue weighted by atomic mass is 10.2. The lowest BCUT2D eigenvalue weighted by molar-refractivity contribution is -0.123. The van der Waals surface area contributed by atoms with Gasteiger partial charge in [-0.25, -0.2) is 5.84 Å². The fourth-order valence-corrected chi connectivity index (χ4v) is 1.01. The third-order valence-electron chi connectivity index (χ3n) is 1.86. The second-order valence-electron chi connectivity index (χ2n) is 2.85. The van der Waals surface area contributed by atoms with E-state index in [1.807, 2.05) is 29.7 Å². The number of nitrogens with one attached hydrogen (secondary N) is 1. The van der Waals surface area contributed by atoms with Crippen LogP contribution in [0.1, 0.15) is 12.5 Å². The van der Waals surface area contributed by atoms with Crippen LogP contribution in [-0.2, 0) is 11.2 Å². The van der Waals surface area contributed by atoms with Crippen molar-refractivity contribution in [2.24, 2.45) is 5.84 Å². The van der Waals surface area contributed by atoms with Crippen molar-refractivity contribution >= 4 is 5.91 Å². The van der Waals surface area contributed by atoms with Crippen LogP contribution in [0.4, 0.5) is 0 Å². The van der Waals surface area contributed by atoms with Crippen molar-refractivity contribution in [2.75, 3.05) is 6.61 Å². The first-order valence-corrected chi connectivity index (χ1v) is 4.47. The van der Waals surface area contributed by atoms with E-state index in [1.54, 1.807) is 0 Å². The van der Waals surface area contributed by atoms with Gasteiger partial charge in [0.2, 0.25) is 0 Å². The molecule has 4 heteroatoms. The summed E-state index contributed by atoms with van der Waals surface area (Å²) in [5, 5.41) is 0. The van der Waals surface area contributed by atoms with Crippen LogP contribution in [-0.4, -0.2) is 12.5 Å². The Labute approximate surface area is 83.0 Å². The zero-order chi connectivity index (χ0) is 10.4. The third-order valence-corrected chi connectivity index (χ3v) is 1.86. The summed E-state index contributed by atoms with van der Waals surface area (Å²) in [4.78, 5) is 10.7. The number of benzene rings is 1. The van der Waals surface area contributed by atoms with Crippen LogP contribution < -0.4 is 16.0 Å². The van der Waals surface area contributed by atoms with Gasteiger partial charge in [0.05, 0.1) is 0 Å². The molecule has 1 rings (SSSR count). The molecule has 0 atom stereocenters. The molecule has 4 nitrogen and oxygen atoms in total. The van der Waals surface area contributed by atoms with E-state index >= 15 is 0 Å². The number of carbonyl (C=O) groups is 1. The summed E-state index contributed by atoms with van der Waals surface area (Å²) < 4.78 is 5.17. The minimum Gasteiger partial charge on any atom is -0.484 e. The van der Waals surface area contributed by atoms with Crippen LogP contribution in [0.2, 0.25) is 0 Å². The molecule has 0 spiro atoms. The molecular weight excluding hydrogens is 180 g/mol. The predicted molar refractivity (Wildman–Crippen MR) is 53.6 cm³/mol. The van der Waals surface area contributed by atoms with Gasteiger partial charge in [0, 0.05) is 0 Å². The van der Waals surface area contributed by atoms with Crippen LogP contribution >= 0.6 is 0 Å². The smallest absolute Gasteiger partial charge is 0.271 e. The van der Waals surface area contributed by atoms with Crippen molar-refractivity contribution in [3.63, 3.8) is 0 Å². The highest BCUT2D eigenvalue weighted by Crippen LogP contribution is 2.11. The Kier molecular flexibility index (Phi) is 3.94. The number of rotatable bonds is 4. The van der Waals surface area contributed by atoms with Gasteiger partial charge in [-0.15, -0.1) is 0 Å². The molecule has 0 heterocycles. The molecule has 0 fully saturated rings. The number of carbonyl (C=O) groups excluding carboxylic acids is 1. The molecule has 0 aliphatic heterocycles. The number of nitrogens with two attached hydrogens (primary N) is 1. The summed E-state index contributed by atoms with van der Waals surface area (Å²) in [6, 6.07) is 7.61. The Morgan fingerprint density at radius 2 is 2.07 bits per heavy atom. The van der Waals surface area contributed by atoms with Crippen LogP contribution in [0.15, 0.2) is 24.3 Å². The standard InChI is InChI=1S/C10H14N2O2/c1-2-8-3-5-9(6-4-8)14-7-10(13)12-11/h3-6H,2,7,11H2,1H3,(H,12,13). The molecule has 1 aromatic carbocycles. The minimum atomic E-state index is -0.343. The normalized spacial score (nSPS) is 9.57. The Hall–Kier alpha value is -1.55. The van der Waals surface area contributed by atoms with E-state index in [0.29, 0.717) is 5.75 Å². The molecule has 3 N–H and O–H groups in total. The third kappa shape index (κ3) is 3.06. The molecule has 0 aliphatic carbocycles. The minimum absolute atomic E-state index is 0.0536. The molecule has 0 radical (unpaired) electrons. The van der Waals surface area contributed by atoms with Crippen LogP contribution in [0.25, 0.3) is 0 Å². The lowest BCUT2D eigenvalue weighted by Crippen LogP contribution is -2.34. The van der Waals surface area contributed by atoms with Crippen molar-refractivity contribution in [1.29, 1.82) is 0 Å². The quantitative estimate of drug-likeness (QED) is 0.419. The van der Waals surface area contributed by atoms with Crippen molar-refractivity contribution in [1.82, 2.24) is 5.43 Å². The highest BCUT2D eigenvalue weighted by atomic mass is 16.5. The zero-order valence-electron chi connectivity index (χ0n) is 8.12. The summed E-state index contributed by atoms with van der Waals surface area (Å²) in [6.07, 6.45) is 0.990. The fourth-order valence-electron chi connectivity index (χ4n) is 1.01. The van der Waals surface area contributed by atoms with Crippen LogP contribution in [0, 0.1) is 0 Å². The summed E-state index contributed by atoms with van der Waals surface area (Å²) in [5.74, 6) is 5.23. The van der Waals surface area contributed by atoms with E-state index in [1.165, 1.54) is 5.56 Å². The van der Waals surface area contributed by atoms with E-state index in [4.69, 9.17) is 10.6 Å². The summed E-state index contributed by atoms with van der Waals surface area (Å²) in [7, 11) is 0. The molecule has 0 aliphatic rings. The first-order valence-electron chi connectivity index (χ1n) is 4.47. The van der Waals surface area contributed by atoms with Gasteiger partial charge in [0.1, 0.15) is 5.75 Å². The van der Waals surface area contributed by atoms with Gasteiger partial charge in [-0.05, 0) is 24.1 Å². The predicted octanol–water partition coefficient (Wildman–Crippen LogP) is 0.618. The molecule has 1 aromatic rings. The zero-order valence-corrected chi connectivity index (χ0v) is 8.12. The number of hydrazine groups is 1. The molecule has 14 heavy (non-hydrogen) atoms. The number of hydrogen-bond donors (Lipinski definition) is 2. The Bertz CT molecular complexity index is 295. The SMILES string of the molecule is CCc1ccc(OCC(=O)NN)cc1. The van der Waals surface area contributed by atoms with Crippen molar-refractivity contribution in [3.05, 3.63) is 29.8 Å². The highest BCUT2D eigenvalue weighted by Gasteiger charge is 1.99. The topological polar surface area (TPSA) is 64.3 Å². The maximum Gasteiger partial charge on any atom is 0.271 e. The average Bonchev–Trinajstić information content (AvgIpc) is 2.26. The van der Waals surface area contributed by atoms with E-state index in [0.717, 1.165) is 6.42 Å². The first kappa shape index (κ1) is 10.5. The first-order chi connectivity index (χ1) is 6.76. The van der Waals surface area contributed by atoms with E-state index < -0.39 is 0 Å². The van der Waals surface area contributed by atoms with E-state index in [9.17, 15) is 4.79 Å². The molecule has 0 saturated carbocycles. The largest absolute Gasteiger partial charge is 0.484 e. The van der Waals surface area contributed by atoms with Gasteiger partial charge in [-0.1, -0.05) is 19.1 Å². The molecular formula is C10H14N2O2. The Balaban J connectivity index is 2.47. The second-order valence-corrected chi connectivity index (χ2v) is 2.85. The van der Waals surface area contributed by atoms with E-state index in [-0.39, 0.29) is 12.5 Å². The molecule has 0 aromatic heterocycles. The number of aryl methyl sites for hydroxylation is 1. The Morgan fingerprint density at radius 3 is 2.57 bits per heavy atom. The fraction of sp³-hybridized carbons (Fsp3) is 0.300.